The highest BCUT2D eigenvalue weighted by atomic mass is 16.3. The monoisotopic (exact) mass is 362 g/mol. The fourth-order valence-electron chi connectivity index (χ4n) is 2.86. The van der Waals surface area contributed by atoms with Gasteiger partial charge in [0.25, 0.3) is 5.56 Å². The minimum Gasteiger partial charge on any atom is -0.448 e. The van der Waals surface area contributed by atoms with Crippen LogP contribution in [-0.2, 0) is 6.54 Å². The van der Waals surface area contributed by atoms with E-state index in [1.807, 2.05) is 18.2 Å². The van der Waals surface area contributed by atoms with E-state index in [1.165, 1.54) is 10.9 Å². The number of benzene rings is 2. The molecule has 0 saturated heterocycles. The molecule has 2 aromatic carbocycles. The first-order chi connectivity index (χ1) is 13.0. The summed E-state index contributed by atoms with van der Waals surface area (Å²) < 4.78 is 6.82. The number of furan rings is 1. The topological polar surface area (TPSA) is 120 Å². The molecule has 0 saturated carbocycles. The van der Waals surface area contributed by atoms with Crippen LogP contribution < -0.4 is 16.6 Å². The number of nitrogens with one attached hydrogen (secondary N) is 1. The minimum absolute atomic E-state index is 0.118. The Bertz CT molecular complexity index is 1240. The summed E-state index contributed by atoms with van der Waals surface area (Å²) in [4.78, 5) is 40.2. The summed E-state index contributed by atoms with van der Waals surface area (Å²) in [5, 5.41) is 3.16. The second kappa shape index (κ2) is 6.41. The smallest absolute Gasteiger partial charge is 0.316 e. The van der Waals surface area contributed by atoms with Crippen molar-refractivity contribution < 1.29 is 14.0 Å². The number of hydrogen-bond acceptors (Lipinski definition) is 5. The Morgan fingerprint density at radius 2 is 1.85 bits per heavy atom. The second-order valence-electron chi connectivity index (χ2n) is 5.94. The molecule has 0 unspecified atom stereocenters. The number of anilines is 1. The van der Waals surface area contributed by atoms with Crippen LogP contribution in [0.2, 0.25) is 0 Å². The van der Waals surface area contributed by atoms with Crippen LogP contribution in [0.25, 0.3) is 22.1 Å². The van der Waals surface area contributed by atoms with Gasteiger partial charge in [-0.1, -0.05) is 12.1 Å². The van der Waals surface area contributed by atoms with E-state index in [2.05, 4.69) is 10.3 Å². The summed E-state index contributed by atoms with van der Waals surface area (Å²) >= 11 is 0. The Balaban J connectivity index is 1.64. The number of urea groups is 1. The first kappa shape index (κ1) is 16.5. The average molecular weight is 362 g/mol. The molecule has 8 nitrogen and oxygen atoms in total. The first-order valence-electron chi connectivity index (χ1n) is 8.09. The zero-order valence-electron chi connectivity index (χ0n) is 14.0. The SMILES string of the molecule is NC(=O)Nc1ccc(C(=O)Cn2cnc3c(oc4ccccc43)c2=O)cc1. The highest BCUT2D eigenvalue weighted by molar-refractivity contribution is 6.02. The quantitative estimate of drug-likeness (QED) is 0.541. The lowest BCUT2D eigenvalue weighted by atomic mass is 10.1. The molecule has 4 rings (SSSR count). The third kappa shape index (κ3) is 3.04. The lowest BCUT2D eigenvalue weighted by molar-refractivity contribution is 0.0970. The molecule has 3 N–H and O–H groups in total. The van der Waals surface area contributed by atoms with Crippen molar-refractivity contribution in [2.24, 2.45) is 5.73 Å². The Kier molecular flexibility index (Phi) is 3.92. The molecule has 0 aliphatic heterocycles. The van der Waals surface area contributed by atoms with Crippen molar-refractivity contribution in [2.75, 3.05) is 5.32 Å². The van der Waals surface area contributed by atoms with Crippen molar-refractivity contribution in [3.8, 4) is 0 Å². The average Bonchev–Trinajstić information content (AvgIpc) is 3.03. The van der Waals surface area contributed by atoms with E-state index >= 15 is 0 Å². The van der Waals surface area contributed by atoms with Crippen LogP contribution in [0, 0.1) is 0 Å². The Morgan fingerprint density at radius 1 is 1.11 bits per heavy atom. The maximum absolute atomic E-state index is 12.7. The molecule has 27 heavy (non-hydrogen) atoms. The van der Waals surface area contributed by atoms with E-state index < -0.39 is 11.6 Å². The molecule has 0 spiro atoms. The standard InChI is InChI=1S/C19H14N4O4/c20-19(26)22-12-7-5-11(6-8-12)14(24)9-23-10-21-16-13-3-1-2-4-15(13)27-17(16)18(23)25/h1-8,10H,9H2,(H3,20,22,26). The fraction of sp³-hybridized carbons (Fsp3) is 0.0526. The number of aromatic nitrogens is 2. The maximum Gasteiger partial charge on any atom is 0.316 e. The van der Waals surface area contributed by atoms with Gasteiger partial charge in [0.05, 0.1) is 12.9 Å². The summed E-state index contributed by atoms with van der Waals surface area (Å²) in [6.45, 7) is -0.179. The van der Waals surface area contributed by atoms with Gasteiger partial charge in [-0.2, -0.15) is 0 Å². The van der Waals surface area contributed by atoms with Crippen molar-refractivity contribution in [3.05, 3.63) is 70.8 Å². The normalized spacial score (nSPS) is 11.0. The number of ketones is 1. The zero-order valence-corrected chi connectivity index (χ0v) is 14.0. The zero-order chi connectivity index (χ0) is 19.0. The van der Waals surface area contributed by atoms with Crippen LogP contribution in [-0.4, -0.2) is 21.4 Å². The molecular formula is C19H14N4O4. The Morgan fingerprint density at radius 3 is 2.59 bits per heavy atom. The molecule has 8 heteroatoms. The largest absolute Gasteiger partial charge is 0.448 e. The van der Waals surface area contributed by atoms with Crippen LogP contribution >= 0.6 is 0 Å². The van der Waals surface area contributed by atoms with Gasteiger partial charge in [-0.15, -0.1) is 0 Å². The van der Waals surface area contributed by atoms with E-state index in [-0.39, 0.29) is 17.9 Å². The van der Waals surface area contributed by atoms with Crippen LogP contribution in [0.1, 0.15) is 10.4 Å². The van der Waals surface area contributed by atoms with Gasteiger partial charge in [-0.3, -0.25) is 14.2 Å². The van der Waals surface area contributed by atoms with Gasteiger partial charge in [-0.05, 0) is 36.4 Å². The number of para-hydroxylation sites is 1. The molecule has 2 aromatic heterocycles. The van der Waals surface area contributed by atoms with Gasteiger partial charge in [0.2, 0.25) is 5.58 Å². The Hall–Kier alpha value is -3.94. The Labute approximate surface area is 152 Å². The van der Waals surface area contributed by atoms with Crippen molar-refractivity contribution in [1.82, 2.24) is 9.55 Å². The van der Waals surface area contributed by atoms with Gasteiger partial charge in [0, 0.05) is 16.6 Å². The third-order valence-electron chi connectivity index (χ3n) is 4.14. The third-order valence-corrected chi connectivity index (χ3v) is 4.14. The predicted octanol–water partition coefficient (Wildman–Crippen LogP) is 2.52. The maximum atomic E-state index is 12.7. The summed E-state index contributed by atoms with van der Waals surface area (Å²) in [5.74, 6) is -0.278. The van der Waals surface area contributed by atoms with Crippen LogP contribution in [0.3, 0.4) is 0 Å². The van der Waals surface area contributed by atoms with Crippen molar-refractivity contribution in [3.63, 3.8) is 0 Å². The second-order valence-corrected chi connectivity index (χ2v) is 5.94. The molecule has 4 aromatic rings. The van der Waals surface area contributed by atoms with Crippen LogP contribution in [0.15, 0.2) is 64.1 Å². The number of Topliss-reactive ketones (excluding diaryl/α,β-unsaturated/α-hetero) is 1. The summed E-state index contributed by atoms with van der Waals surface area (Å²) in [5.41, 5.74) is 6.65. The molecule has 0 bridgehead atoms. The minimum atomic E-state index is -0.689. The van der Waals surface area contributed by atoms with E-state index in [4.69, 9.17) is 10.2 Å². The van der Waals surface area contributed by atoms with E-state index in [1.54, 1.807) is 30.3 Å². The van der Waals surface area contributed by atoms with Crippen molar-refractivity contribution in [1.29, 1.82) is 0 Å². The van der Waals surface area contributed by atoms with Crippen molar-refractivity contribution in [2.45, 2.75) is 6.54 Å². The van der Waals surface area contributed by atoms with E-state index in [9.17, 15) is 14.4 Å². The lowest BCUT2D eigenvalue weighted by Crippen LogP contribution is -2.24. The summed E-state index contributed by atoms with van der Waals surface area (Å²) in [6, 6.07) is 12.7. The first-order valence-corrected chi connectivity index (χ1v) is 8.09. The lowest BCUT2D eigenvalue weighted by Gasteiger charge is -2.06. The molecule has 0 radical (unpaired) electrons. The van der Waals surface area contributed by atoms with Gasteiger partial charge < -0.3 is 15.5 Å². The fourth-order valence-corrected chi connectivity index (χ4v) is 2.86. The highest BCUT2D eigenvalue weighted by Crippen LogP contribution is 2.24. The van der Waals surface area contributed by atoms with Crippen molar-refractivity contribution >= 4 is 39.6 Å². The molecule has 0 aliphatic rings. The number of rotatable bonds is 4. The van der Waals surface area contributed by atoms with Gasteiger partial charge in [0.15, 0.2) is 5.78 Å². The molecule has 2 amide bonds. The van der Waals surface area contributed by atoms with Gasteiger partial charge >= 0.3 is 6.03 Å². The molecule has 134 valence electrons. The predicted molar refractivity (Wildman–Crippen MR) is 99.8 cm³/mol. The number of nitrogens with two attached hydrogens (primary N) is 1. The molecule has 0 aliphatic carbocycles. The van der Waals surface area contributed by atoms with E-state index in [0.29, 0.717) is 22.4 Å². The molecule has 0 atom stereocenters. The van der Waals surface area contributed by atoms with Crippen LogP contribution in [0.5, 0.6) is 0 Å². The number of nitrogens with zero attached hydrogens (tertiary/aromatic N) is 2. The molecule has 0 fully saturated rings. The number of hydrogen-bond donors (Lipinski definition) is 2. The van der Waals surface area contributed by atoms with Gasteiger partial charge in [-0.25, -0.2) is 9.78 Å². The summed E-state index contributed by atoms with van der Waals surface area (Å²) in [6.07, 6.45) is 1.34. The number of primary amides is 1. The number of fused-ring (bicyclic) bond motifs is 3. The molecule has 2 heterocycles. The molecular weight excluding hydrogens is 348 g/mol. The summed E-state index contributed by atoms with van der Waals surface area (Å²) in [7, 11) is 0. The van der Waals surface area contributed by atoms with E-state index in [0.717, 1.165) is 5.39 Å². The number of amides is 2. The number of carbonyl (C=O) groups excluding carboxylic acids is 2. The van der Waals surface area contributed by atoms with Crippen LogP contribution in [0.4, 0.5) is 10.5 Å². The van der Waals surface area contributed by atoms with Gasteiger partial charge in [0.1, 0.15) is 11.1 Å². The number of carbonyl (C=O) groups is 2. The highest BCUT2D eigenvalue weighted by Gasteiger charge is 2.15.